The van der Waals surface area contributed by atoms with Crippen molar-refractivity contribution in [2.45, 2.75) is 31.8 Å². The van der Waals surface area contributed by atoms with Crippen molar-refractivity contribution in [1.29, 1.82) is 0 Å². The summed E-state index contributed by atoms with van der Waals surface area (Å²) in [5.41, 5.74) is 0. The Morgan fingerprint density at radius 3 is 2.85 bits per heavy atom. The van der Waals surface area contributed by atoms with E-state index in [1.807, 2.05) is 11.3 Å². The summed E-state index contributed by atoms with van der Waals surface area (Å²) in [6.45, 7) is 1.09. The third-order valence-corrected chi connectivity index (χ3v) is 4.27. The van der Waals surface area contributed by atoms with Crippen molar-refractivity contribution < 1.29 is 0 Å². The second kappa shape index (κ2) is 3.10. The zero-order valence-electron chi connectivity index (χ0n) is 7.70. The SMILES string of the molecule is c1csc(CNC2CC3CC3C2)c1. The van der Waals surface area contributed by atoms with E-state index in [0.717, 1.165) is 24.4 Å². The monoisotopic (exact) mass is 193 g/mol. The van der Waals surface area contributed by atoms with Gasteiger partial charge in [-0.1, -0.05) is 6.07 Å². The van der Waals surface area contributed by atoms with Gasteiger partial charge in [0.25, 0.3) is 0 Å². The van der Waals surface area contributed by atoms with Gasteiger partial charge in [-0.05, 0) is 42.5 Å². The number of thiophene rings is 1. The van der Waals surface area contributed by atoms with Crippen molar-refractivity contribution in [3.63, 3.8) is 0 Å². The molecule has 0 aliphatic heterocycles. The third-order valence-electron chi connectivity index (χ3n) is 3.39. The van der Waals surface area contributed by atoms with Crippen LogP contribution in [0.25, 0.3) is 0 Å². The summed E-state index contributed by atoms with van der Waals surface area (Å²) in [5.74, 6) is 2.20. The van der Waals surface area contributed by atoms with E-state index in [1.54, 1.807) is 0 Å². The van der Waals surface area contributed by atoms with Crippen LogP contribution in [0.5, 0.6) is 0 Å². The Morgan fingerprint density at radius 2 is 2.15 bits per heavy atom. The van der Waals surface area contributed by atoms with Crippen molar-refractivity contribution in [2.24, 2.45) is 11.8 Å². The summed E-state index contributed by atoms with van der Waals surface area (Å²) in [5, 5.41) is 5.81. The molecule has 0 bridgehead atoms. The Labute approximate surface area is 83.2 Å². The highest BCUT2D eigenvalue weighted by atomic mass is 32.1. The molecule has 2 heteroatoms. The molecule has 1 N–H and O–H groups in total. The smallest absolute Gasteiger partial charge is 0.0302 e. The number of nitrogens with one attached hydrogen (secondary N) is 1. The molecule has 70 valence electrons. The van der Waals surface area contributed by atoms with Crippen LogP contribution in [-0.4, -0.2) is 6.04 Å². The minimum Gasteiger partial charge on any atom is -0.309 e. The third kappa shape index (κ3) is 1.65. The van der Waals surface area contributed by atoms with Crippen LogP contribution in [-0.2, 0) is 6.54 Å². The quantitative estimate of drug-likeness (QED) is 0.778. The minimum absolute atomic E-state index is 0.825. The second-order valence-electron chi connectivity index (χ2n) is 4.38. The molecule has 13 heavy (non-hydrogen) atoms. The molecule has 0 spiro atoms. The summed E-state index contributed by atoms with van der Waals surface area (Å²) in [6.07, 6.45) is 4.41. The number of rotatable bonds is 3. The van der Waals surface area contributed by atoms with Crippen LogP contribution in [0.2, 0.25) is 0 Å². The first-order valence-electron chi connectivity index (χ1n) is 5.17. The van der Waals surface area contributed by atoms with Crippen LogP contribution in [0.3, 0.4) is 0 Å². The fourth-order valence-electron chi connectivity index (χ4n) is 2.54. The first-order valence-corrected chi connectivity index (χ1v) is 6.05. The highest BCUT2D eigenvalue weighted by Gasteiger charge is 2.45. The Bertz CT molecular complexity index is 270. The van der Waals surface area contributed by atoms with Gasteiger partial charge in [-0.3, -0.25) is 0 Å². The highest BCUT2D eigenvalue weighted by Crippen LogP contribution is 2.51. The van der Waals surface area contributed by atoms with Crippen LogP contribution in [0.15, 0.2) is 17.5 Å². The first-order chi connectivity index (χ1) is 6.42. The second-order valence-corrected chi connectivity index (χ2v) is 5.42. The van der Waals surface area contributed by atoms with Crippen LogP contribution < -0.4 is 5.32 Å². The molecule has 2 saturated carbocycles. The largest absolute Gasteiger partial charge is 0.309 e. The molecule has 2 fully saturated rings. The summed E-state index contributed by atoms with van der Waals surface area (Å²) in [7, 11) is 0. The molecule has 0 amide bonds. The summed E-state index contributed by atoms with van der Waals surface area (Å²) in [4.78, 5) is 1.47. The van der Waals surface area contributed by atoms with E-state index in [-0.39, 0.29) is 0 Å². The number of hydrogen-bond acceptors (Lipinski definition) is 2. The van der Waals surface area contributed by atoms with E-state index >= 15 is 0 Å². The zero-order valence-corrected chi connectivity index (χ0v) is 8.52. The van der Waals surface area contributed by atoms with Gasteiger partial charge in [0.05, 0.1) is 0 Å². The molecule has 1 nitrogen and oxygen atoms in total. The fourth-order valence-corrected chi connectivity index (χ4v) is 3.20. The lowest BCUT2D eigenvalue weighted by atomic mass is 10.1. The molecule has 1 heterocycles. The Balaban J connectivity index is 1.48. The summed E-state index contributed by atoms with van der Waals surface area (Å²) in [6, 6.07) is 5.17. The van der Waals surface area contributed by atoms with Crippen LogP contribution in [0, 0.1) is 11.8 Å². The maximum absolute atomic E-state index is 3.66. The fraction of sp³-hybridized carbons (Fsp3) is 0.636. The molecule has 2 aliphatic carbocycles. The van der Waals surface area contributed by atoms with Gasteiger partial charge in [0, 0.05) is 17.5 Å². The van der Waals surface area contributed by atoms with E-state index in [4.69, 9.17) is 0 Å². The van der Waals surface area contributed by atoms with E-state index in [9.17, 15) is 0 Å². The van der Waals surface area contributed by atoms with Gasteiger partial charge in [0.1, 0.15) is 0 Å². The maximum atomic E-state index is 3.66. The molecule has 0 radical (unpaired) electrons. The molecule has 1 aromatic heterocycles. The molecule has 2 aliphatic rings. The lowest BCUT2D eigenvalue weighted by Crippen LogP contribution is -2.26. The molecule has 3 rings (SSSR count). The summed E-state index contributed by atoms with van der Waals surface area (Å²) >= 11 is 1.86. The molecule has 2 atom stereocenters. The molecule has 1 aromatic rings. The minimum atomic E-state index is 0.825. The van der Waals surface area contributed by atoms with Crippen LogP contribution >= 0.6 is 11.3 Å². The lowest BCUT2D eigenvalue weighted by molar-refractivity contribution is 0.482. The topological polar surface area (TPSA) is 12.0 Å². The van der Waals surface area contributed by atoms with Gasteiger partial charge in [0.15, 0.2) is 0 Å². The summed E-state index contributed by atoms with van der Waals surface area (Å²) < 4.78 is 0. The van der Waals surface area contributed by atoms with E-state index in [1.165, 1.54) is 24.1 Å². The van der Waals surface area contributed by atoms with Crippen LogP contribution in [0.4, 0.5) is 0 Å². The van der Waals surface area contributed by atoms with Gasteiger partial charge in [-0.2, -0.15) is 0 Å². The van der Waals surface area contributed by atoms with Gasteiger partial charge in [-0.15, -0.1) is 11.3 Å². The molecule has 0 saturated heterocycles. The van der Waals surface area contributed by atoms with Crippen molar-refractivity contribution in [3.05, 3.63) is 22.4 Å². The van der Waals surface area contributed by atoms with Gasteiger partial charge < -0.3 is 5.32 Å². The van der Waals surface area contributed by atoms with Crippen molar-refractivity contribution in [3.8, 4) is 0 Å². The zero-order chi connectivity index (χ0) is 8.67. The molecule has 2 unspecified atom stereocenters. The predicted molar refractivity (Wildman–Crippen MR) is 55.8 cm³/mol. The maximum Gasteiger partial charge on any atom is 0.0302 e. The predicted octanol–water partition coefficient (Wildman–Crippen LogP) is 2.64. The lowest BCUT2D eigenvalue weighted by Gasteiger charge is -2.12. The number of hydrogen-bond donors (Lipinski definition) is 1. The number of fused-ring (bicyclic) bond motifs is 1. The van der Waals surface area contributed by atoms with Crippen molar-refractivity contribution >= 4 is 11.3 Å². The van der Waals surface area contributed by atoms with Gasteiger partial charge in [0.2, 0.25) is 0 Å². The Kier molecular flexibility index (Phi) is 1.91. The highest BCUT2D eigenvalue weighted by molar-refractivity contribution is 7.09. The van der Waals surface area contributed by atoms with Gasteiger partial charge >= 0.3 is 0 Å². The van der Waals surface area contributed by atoms with Crippen molar-refractivity contribution in [2.75, 3.05) is 0 Å². The van der Waals surface area contributed by atoms with Crippen molar-refractivity contribution in [1.82, 2.24) is 5.32 Å². The normalized spacial score (nSPS) is 36.2. The molecular formula is C11H15NS. The Morgan fingerprint density at radius 1 is 1.31 bits per heavy atom. The van der Waals surface area contributed by atoms with E-state index in [2.05, 4.69) is 22.8 Å². The first kappa shape index (κ1) is 8.01. The average molecular weight is 193 g/mol. The average Bonchev–Trinajstić information content (AvgIpc) is 2.64. The van der Waals surface area contributed by atoms with E-state index < -0.39 is 0 Å². The van der Waals surface area contributed by atoms with Gasteiger partial charge in [-0.25, -0.2) is 0 Å². The molecule has 0 aromatic carbocycles. The Hall–Kier alpha value is -0.340. The van der Waals surface area contributed by atoms with E-state index in [0.29, 0.717) is 0 Å². The standard InChI is InChI=1S/C11H15NS/c1-2-11(13-3-1)7-12-10-5-8-4-9(8)6-10/h1-3,8-10,12H,4-7H2. The van der Waals surface area contributed by atoms with Crippen LogP contribution in [0.1, 0.15) is 24.1 Å². The molecular weight excluding hydrogens is 178 g/mol.